The second-order valence-corrected chi connectivity index (χ2v) is 8.98. The Bertz CT molecular complexity index is 1260. The molecule has 0 atom stereocenters. The van der Waals surface area contributed by atoms with E-state index in [1.807, 2.05) is 60.7 Å². The van der Waals surface area contributed by atoms with Crippen LogP contribution in [0.25, 0.3) is 6.08 Å². The first-order valence-corrected chi connectivity index (χ1v) is 12.6. The Labute approximate surface area is 213 Å². The van der Waals surface area contributed by atoms with Crippen LogP contribution in [-0.4, -0.2) is 25.0 Å². The summed E-state index contributed by atoms with van der Waals surface area (Å²) < 4.78 is 0. The van der Waals surface area contributed by atoms with Gasteiger partial charge in [-0.3, -0.25) is 4.79 Å². The molecule has 0 aliphatic carbocycles. The summed E-state index contributed by atoms with van der Waals surface area (Å²) in [5.74, 6) is -0.362. The van der Waals surface area contributed by atoms with Crippen LogP contribution in [0, 0.1) is 0 Å². The predicted octanol–water partition coefficient (Wildman–Crippen LogP) is 6.24. The Balaban J connectivity index is 1.46. The fourth-order valence-electron chi connectivity index (χ4n) is 4.96. The van der Waals surface area contributed by atoms with Crippen molar-refractivity contribution in [3.8, 4) is 0 Å². The average Bonchev–Trinajstić information content (AvgIpc) is 2.89. The van der Waals surface area contributed by atoms with Gasteiger partial charge >= 0.3 is 6.03 Å². The van der Waals surface area contributed by atoms with Crippen LogP contribution in [0.4, 0.5) is 21.9 Å². The number of nitrogens with one attached hydrogen (secondary N) is 2. The van der Waals surface area contributed by atoms with E-state index < -0.39 is 0 Å². The smallest absolute Gasteiger partial charge is 0.323 e. The van der Waals surface area contributed by atoms with Crippen molar-refractivity contribution in [2.24, 2.45) is 5.73 Å². The number of carbonyl (C=O) groups is 2. The Morgan fingerprint density at radius 3 is 2.19 bits per heavy atom. The molecule has 0 bridgehead atoms. The second kappa shape index (κ2) is 11.6. The van der Waals surface area contributed by atoms with E-state index >= 15 is 0 Å². The molecule has 36 heavy (non-hydrogen) atoms. The van der Waals surface area contributed by atoms with Gasteiger partial charge in [0.15, 0.2) is 0 Å². The van der Waals surface area contributed by atoms with Crippen molar-refractivity contribution in [1.29, 1.82) is 0 Å². The van der Waals surface area contributed by atoms with Crippen LogP contribution in [0.15, 0.2) is 72.3 Å². The topological polar surface area (TPSA) is 87.5 Å². The molecular formula is C30H34N4O2. The number of para-hydroxylation sites is 3. The summed E-state index contributed by atoms with van der Waals surface area (Å²) in [6.45, 7) is 5.93. The van der Waals surface area contributed by atoms with Crippen molar-refractivity contribution in [1.82, 2.24) is 0 Å². The van der Waals surface area contributed by atoms with Crippen molar-refractivity contribution in [3.63, 3.8) is 0 Å². The Morgan fingerprint density at radius 2 is 1.53 bits per heavy atom. The number of anilines is 3. The highest BCUT2D eigenvalue weighted by Crippen LogP contribution is 2.31. The van der Waals surface area contributed by atoms with E-state index in [0.29, 0.717) is 5.56 Å². The minimum Gasteiger partial charge on any atom is -0.369 e. The van der Waals surface area contributed by atoms with Gasteiger partial charge < -0.3 is 21.3 Å². The molecule has 1 saturated heterocycles. The Kier molecular flexibility index (Phi) is 8.06. The summed E-state index contributed by atoms with van der Waals surface area (Å²) in [6.07, 6.45) is 5.81. The van der Waals surface area contributed by atoms with E-state index in [-0.39, 0.29) is 11.9 Å². The lowest BCUT2D eigenvalue weighted by atomic mass is 9.90. The number of benzene rings is 3. The van der Waals surface area contributed by atoms with E-state index in [9.17, 15) is 9.59 Å². The summed E-state index contributed by atoms with van der Waals surface area (Å²) >= 11 is 0. The number of piperidine rings is 1. The summed E-state index contributed by atoms with van der Waals surface area (Å²) in [4.78, 5) is 26.8. The average molecular weight is 483 g/mol. The van der Waals surface area contributed by atoms with Crippen LogP contribution >= 0.6 is 0 Å². The fraction of sp³-hybridized carbons (Fsp3) is 0.267. The second-order valence-electron chi connectivity index (χ2n) is 8.98. The molecule has 0 saturated carbocycles. The van der Waals surface area contributed by atoms with Crippen LogP contribution < -0.4 is 21.3 Å². The number of nitrogens with zero attached hydrogens (tertiary/aromatic N) is 1. The van der Waals surface area contributed by atoms with Crippen LogP contribution in [-0.2, 0) is 12.8 Å². The first-order valence-electron chi connectivity index (χ1n) is 12.6. The molecule has 0 spiro atoms. The lowest BCUT2D eigenvalue weighted by molar-refractivity contribution is 0.0999. The van der Waals surface area contributed by atoms with Gasteiger partial charge in [0.1, 0.15) is 0 Å². The number of nitrogens with two attached hydrogens (primary N) is 1. The molecule has 1 aliphatic rings. The molecule has 0 aromatic heterocycles. The van der Waals surface area contributed by atoms with Gasteiger partial charge in [0.25, 0.3) is 0 Å². The van der Waals surface area contributed by atoms with E-state index in [1.165, 1.54) is 16.7 Å². The maximum absolute atomic E-state index is 12.6. The number of rotatable bonds is 7. The molecule has 3 aromatic rings. The quantitative estimate of drug-likeness (QED) is 0.373. The van der Waals surface area contributed by atoms with Crippen LogP contribution in [0.5, 0.6) is 0 Å². The number of primary amides is 1. The molecule has 1 heterocycles. The number of amides is 3. The SMILES string of the molecule is CCc1c(C=C2CCN(c3ccccc3NC(=O)Nc3ccccc3)CC2)ccc(C(N)=O)c1CC. The third kappa shape index (κ3) is 5.77. The van der Waals surface area contributed by atoms with Gasteiger partial charge in [-0.15, -0.1) is 0 Å². The summed E-state index contributed by atoms with van der Waals surface area (Å²) in [5, 5.41) is 5.88. The van der Waals surface area contributed by atoms with Crippen LogP contribution in [0.2, 0.25) is 0 Å². The Morgan fingerprint density at radius 1 is 0.861 bits per heavy atom. The lowest BCUT2D eigenvalue weighted by Crippen LogP contribution is -2.31. The van der Waals surface area contributed by atoms with Crippen LogP contribution in [0.3, 0.4) is 0 Å². The van der Waals surface area contributed by atoms with E-state index in [4.69, 9.17) is 5.73 Å². The maximum Gasteiger partial charge on any atom is 0.323 e. The number of hydrogen-bond acceptors (Lipinski definition) is 3. The highest BCUT2D eigenvalue weighted by Gasteiger charge is 2.19. The molecule has 6 nitrogen and oxygen atoms in total. The largest absolute Gasteiger partial charge is 0.369 e. The van der Waals surface area contributed by atoms with Gasteiger partial charge in [-0.25, -0.2) is 4.79 Å². The molecule has 0 radical (unpaired) electrons. The molecule has 1 aliphatic heterocycles. The molecule has 4 N–H and O–H groups in total. The highest BCUT2D eigenvalue weighted by atomic mass is 16.2. The van der Waals surface area contributed by atoms with Crippen molar-refractivity contribution in [2.75, 3.05) is 28.6 Å². The number of urea groups is 1. The van der Waals surface area contributed by atoms with Crippen molar-refractivity contribution >= 4 is 35.1 Å². The third-order valence-electron chi connectivity index (χ3n) is 6.73. The first kappa shape index (κ1) is 25.0. The van der Waals surface area contributed by atoms with Crippen molar-refractivity contribution in [2.45, 2.75) is 39.5 Å². The maximum atomic E-state index is 12.6. The first-order chi connectivity index (χ1) is 17.5. The zero-order valence-corrected chi connectivity index (χ0v) is 21.0. The van der Waals surface area contributed by atoms with E-state index in [1.54, 1.807) is 0 Å². The zero-order chi connectivity index (χ0) is 25.5. The van der Waals surface area contributed by atoms with Gasteiger partial charge in [-0.1, -0.05) is 61.9 Å². The third-order valence-corrected chi connectivity index (χ3v) is 6.73. The van der Waals surface area contributed by atoms with Gasteiger partial charge in [-0.05, 0) is 72.7 Å². The molecular weight excluding hydrogens is 448 g/mol. The van der Waals surface area contributed by atoms with Crippen molar-refractivity contribution in [3.05, 3.63) is 94.6 Å². The summed E-state index contributed by atoms with van der Waals surface area (Å²) in [7, 11) is 0. The molecule has 0 unspecified atom stereocenters. The monoisotopic (exact) mass is 482 g/mol. The summed E-state index contributed by atoms with van der Waals surface area (Å²) in [5.41, 5.74) is 13.7. The lowest BCUT2D eigenvalue weighted by Gasteiger charge is -2.32. The van der Waals surface area contributed by atoms with E-state index in [0.717, 1.165) is 61.4 Å². The minimum atomic E-state index is -0.362. The molecule has 6 heteroatoms. The normalized spacial score (nSPS) is 13.3. The van der Waals surface area contributed by atoms with Gasteiger partial charge in [-0.2, -0.15) is 0 Å². The van der Waals surface area contributed by atoms with Gasteiger partial charge in [0.2, 0.25) is 5.91 Å². The molecule has 186 valence electrons. The molecule has 3 aromatic carbocycles. The molecule has 3 amide bonds. The standard InChI is InChI=1S/C30H34N4O2/c1-3-24-22(14-15-26(29(31)35)25(24)4-2)20-21-16-18-34(19-17-21)28-13-9-8-12-27(28)33-30(36)32-23-10-6-5-7-11-23/h5-15,20H,3-4,16-19H2,1-2H3,(H2,31,35)(H2,32,33,36). The minimum absolute atomic E-state index is 0.260. The fourth-order valence-corrected chi connectivity index (χ4v) is 4.96. The van der Waals surface area contributed by atoms with E-state index in [2.05, 4.69) is 41.5 Å². The van der Waals surface area contributed by atoms with Crippen molar-refractivity contribution < 1.29 is 9.59 Å². The number of hydrogen-bond donors (Lipinski definition) is 3. The van der Waals surface area contributed by atoms with Gasteiger partial charge in [0.05, 0.1) is 11.4 Å². The predicted molar refractivity (Wildman–Crippen MR) is 149 cm³/mol. The zero-order valence-electron chi connectivity index (χ0n) is 21.0. The number of carbonyl (C=O) groups excluding carboxylic acids is 2. The molecule has 4 rings (SSSR count). The van der Waals surface area contributed by atoms with Crippen LogP contribution in [0.1, 0.15) is 53.7 Å². The van der Waals surface area contributed by atoms with Gasteiger partial charge in [0, 0.05) is 24.3 Å². The molecule has 1 fully saturated rings. The summed E-state index contributed by atoms with van der Waals surface area (Å²) in [6, 6.07) is 21.0. The highest BCUT2D eigenvalue weighted by molar-refractivity contribution is 6.01. The Hall–Kier alpha value is -4.06.